The van der Waals surface area contributed by atoms with Gasteiger partial charge in [-0.15, -0.1) is 10.2 Å². The van der Waals surface area contributed by atoms with Gasteiger partial charge in [0.25, 0.3) is 0 Å². The predicted octanol–water partition coefficient (Wildman–Crippen LogP) is 4.73. The number of halogens is 3. The van der Waals surface area contributed by atoms with E-state index in [0.717, 1.165) is 18.9 Å². The summed E-state index contributed by atoms with van der Waals surface area (Å²) in [4.78, 5) is 15.0. The molecule has 11 heteroatoms. The molecule has 0 radical (unpaired) electrons. The van der Waals surface area contributed by atoms with Crippen molar-refractivity contribution in [2.45, 2.75) is 50.9 Å². The van der Waals surface area contributed by atoms with Crippen molar-refractivity contribution >= 4 is 11.7 Å². The van der Waals surface area contributed by atoms with Crippen LogP contribution < -0.4 is 5.32 Å². The average Bonchev–Trinajstić information content (AvgIpc) is 3.35. The number of likely N-dealkylation sites (tertiary alicyclic amines) is 1. The van der Waals surface area contributed by atoms with Crippen LogP contribution in [0.1, 0.15) is 43.5 Å². The molecule has 3 heterocycles. The van der Waals surface area contributed by atoms with Crippen molar-refractivity contribution in [2.24, 2.45) is 13.0 Å². The highest BCUT2D eigenvalue weighted by Crippen LogP contribution is 2.55. The van der Waals surface area contributed by atoms with E-state index in [1.807, 2.05) is 0 Å². The zero-order chi connectivity index (χ0) is 23.5. The van der Waals surface area contributed by atoms with Crippen molar-refractivity contribution < 1.29 is 22.4 Å². The van der Waals surface area contributed by atoms with Crippen molar-refractivity contribution in [1.82, 2.24) is 24.9 Å². The van der Waals surface area contributed by atoms with Gasteiger partial charge in [-0.05, 0) is 43.0 Å². The van der Waals surface area contributed by atoms with Gasteiger partial charge in [-0.3, -0.25) is 4.68 Å². The fourth-order valence-electron chi connectivity index (χ4n) is 5.26. The summed E-state index contributed by atoms with van der Waals surface area (Å²) < 4.78 is 47.9. The van der Waals surface area contributed by atoms with Crippen LogP contribution >= 0.6 is 0 Å². The van der Waals surface area contributed by atoms with Crippen molar-refractivity contribution in [3.63, 3.8) is 0 Å². The summed E-state index contributed by atoms with van der Waals surface area (Å²) in [5.74, 6) is 1.20. The molecule has 1 aliphatic carbocycles. The van der Waals surface area contributed by atoms with Crippen LogP contribution in [0.4, 0.5) is 23.7 Å². The molecule has 1 saturated carbocycles. The fourth-order valence-corrected chi connectivity index (χ4v) is 5.26. The van der Waals surface area contributed by atoms with Gasteiger partial charge in [-0.25, -0.2) is 4.79 Å². The molecule has 1 unspecified atom stereocenters. The minimum absolute atomic E-state index is 0.00525. The van der Waals surface area contributed by atoms with Gasteiger partial charge >= 0.3 is 12.2 Å². The molecular weight excluding hydrogens is 437 g/mol. The van der Waals surface area contributed by atoms with Gasteiger partial charge in [0.05, 0.1) is 11.3 Å². The highest BCUT2D eigenvalue weighted by atomic mass is 19.4. The van der Waals surface area contributed by atoms with E-state index in [-0.39, 0.29) is 23.0 Å². The minimum atomic E-state index is -4.56. The van der Waals surface area contributed by atoms with Crippen LogP contribution in [0.5, 0.6) is 0 Å². The molecule has 1 saturated heterocycles. The zero-order valence-corrected chi connectivity index (χ0v) is 18.3. The Morgan fingerprint density at radius 1 is 1.24 bits per heavy atom. The Morgan fingerprint density at radius 2 is 2.03 bits per heavy atom. The first-order valence-corrected chi connectivity index (χ1v) is 10.7. The number of fused-ring (bicyclic) bond motifs is 2. The van der Waals surface area contributed by atoms with E-state index in [9.17, 15) is 18.0 Å². The smallest absolute Gasteiger partial charge is 0.417 e. The normalized spacial score (nSPS) is 24.5. The van der Waals surface area contributed by atoms with Gasteiger partial charge in [-0.1, -0.05) is 6.92 Å². The quantitative estimate of drug-likeness (QED) is 0.611. The number of rotatable bonds is 3. The van der Waals surface area contributed by atoms with Crippen LogP contribution in [-0.4, -0.2) is 37.0 Å². The molecule has 174 valence electrons. The Labute approximate surface area is 187 Å². The number of hydrogen-bond donors (Lipinski definition) is 1. The number of amides is 2. The van der Waals surface area contributed by atoms with Crippen LogP contribution in [0.25, 0.3) is 11.3 Å². The van der Waals surface area contributed by atoms with Crippen LogP contribution in [0.3, 0.4) is 0 Å². The SMILES string of the molecule is Cc1nnc(C23C[C@H](C)C[C@H](C2)N3C(=O)Nc2ccc(C(F)(F)F)c(-c3ccn(C)n3)c2)o1. The molecule has 3 atom stereocenters. The first-order chi connectivity index (χ1) is 15.6. The number of nitrogens with one attached hydrogen (secondary N) is 1. The third-order valence-corrected chi connectivity index (χ3v) is 6.47. The Balaban J connectivity index is 1.46. The lowest BCUT2D eigenvalue weighted by Crippen LogP contribution is -2.70. The molecule has 8 nitrogen and oxygen atoms in total. The van der Waals surface area contributed by atoms with Crippen LogP contribution in [0.2, 0.25) is 0 Å². The minimum Gasteiger partial charge on any atom is -0.423 e. The Bertz CT molecular complexity index is 1220. The van der Waals surface area contributed by atoms with E-state index in [1.54, 1.807) is 25.1 Å². The molecule has 1 aliphatic heterocycles. The number of aryl methyl sites for hydroxylation is 2. The molecule has 33 heavy (non-hydrogen) atoms. The first-order valence-electron chi connectivity index (χ1n) is 10.7. The van der Waals surface area contributed by atoms with Gasteiger partial charge < -0.3 is 14.6 Å². The topological polar surface area (TPSA) is 89.1 Å². The molecule has 2 aliphatic rings. The van der Waals surface area contributed by atoms with E-state index < -0.39 is 23.3 Å². The van der Waals surface area contributed by atoms with Crippen molar-refractivity contribution in [1.29, 1.82) is 0 Å². The third-order valence-electron chi connectivity index (χ3n) is 6.47. The third kappa shape index (κ3) is 3.55. The lowest BCUT2D eigenvalue weighted by molar-refractivity contribution is -0.137. The van der Waals surface area contributed by atoms with Gasteiger partial charge in [-0.2, -0.15) is 18.3 Å². The van der Waals surface area contributed by atoms with Crippen LogP contribution in [0, 0.1) is 12.8 Å². The summed E-state index contributed by atoms with van der Waals surface area (Å²) in [5, 5.41) is 15.0. The number of piperidine rings is 1. The second-order valence-corrected chi connectivity index (χ2v) is 8.99. The molecule has 2 aromatic heterocycles. The Kier molecular flexibility index (Phi) is 4.77. The molecule has 2 fully saturated rings. The van der Waals surface area contributed by atoms with Crippen molar-refractivity contribution in [3.05, 3.63) is 47.8 Å². The Hall–Kier alpha value is -3.37. The van der Waals surface area contributed by atoms with Crippen molar-refractivity contribution in [2.75, 3.05) is 5.32 Å². The summed E-state index contributed by atoms with van der Waals surface area (Å²) in [6.45, 7) is 3.82. The number of carbonyl (C=O) groups excluding carboxylic acids is 1. The molecule has 1 aromatic carbocycles. The standard InChI is InChI=1S/C22H23F3N6O2/c1-12-8-15-11-21(10-12,19-28-27-13(2)33-19)31(15)20(32)26-14-4-5-17(22(23,24)25)16(9-14)18-6-7-30(3)29-18/h4-7,9,12,15H,8,10-11H2,1-3H3,(H,26,32)/t12-,15-,21?/m1/s1. The summed E-state index contributed by atoms with van der Waals surface area (Å²) >= 11 is 0. The number of aromatic nitrogens is 4. The van der Waals surface area contributed by atoms with E-state index in [0.29, 0.717) is 24.1 Å². The largest absolute Gasteiger partial charge is 0.423 e. The highest BCUT2D eigenvalue weighted by molar-refractivity contribution is 5.92. The average molecular weight is 460 g/mol. The monoisotopic (exact) mass is 460 g/mol. The number of carbonyl (C=O) groups is 1. The molecular formula is C22H23F3N6O2. The zero-order valence-electron chi connectivity index (χ0n) is 18.3. The van der Waals surface area contributed by atoms with Gasteiger partial charge in [0, 0.05) is 43.9 Å². The lowest BCUT2D eigenvalue weighted by atomic mass is 9.64. The predicted molar refractivity (Wildman–Crippen MR) is 112 cm³/mol. The summed E-state index contributed by atoms with van der Waals surface area (Å²) in [7, 11) is 1.63. The number of benzene rings is 1. The lowest BCUT2D eigenvalue weighted by Gasteiger charge is -2.61. The second kappa shape index (κ2) is 7.32. The van der Waals surface area contributed by atoms with E-state index in [2.05, 4.69) is 27.5 Å². The van der Waals surface area contributed by atoms with Crippen LogP contribution in [-0.2, 0) is 18.8 Å². The Morgan fingerprint density at radius 3 is 2.67 bits per heavy atom. The molecule has 2 amide bonds. The molecule has 0 spiro atoms. The number of alkyl halides is 3. The van der Waals surface area contributed by atoms with E-state index in [1.165, 1.54) is 22.9 Å². The van der Waals surface area contributed by atoms with E-state index >= 15 is 0 Å². The van der Waals surface area contributed by atoms with Gasteiger partial charge in [0.15, 0.2) is 0 Å². The molecule has 3 aromatic rings. The van der Waals surface area contributed by atoms with E-state index in [4.69, 9.17) is 4.42 Å². The molecule has 2 bridgehead atoms. The molecule has 5 rings (SSSR count). The summed E-state index contributed by atoms with van der Waals surface area (Å²) in [6, 6.07) is 4.64. The fraction of sp³-hybridized carbons (Fsp3) is 0.455. The maximum Gasteiger partial charge on any atom is 0.417 e. The second-order valence-electron chi connectivity index (χ2n) is 8.99. The van der Waals surface area contributed by atoms with Crippen molar-refractivity contribution in [3.8, 4) is 11.3 Å². The number of urea groups is 1. The van der Waals surface area contributed by atoms with Gasteiger partial charge in [0.2, 0.25) is 11.8 Å². The highest BCUT2D eigenvalue weighted by Gasteiger charge is 2.62. The number of hydrogen-bond acceptors (Lipinski definition) is 5. The van der Waals surface area contributed by atoms with Crippen LogP contribution in [0.15, 0.2) is 34.9 Å². The molecule has 1 N–H and O–H groups in total. The summed E-state index contributed by atoms with van der Waals surface area (Å²) in [6.07, 6.45) is -0.739. The maximum atomic E-state index is 13.6. The first kappa shape index (κ1) is 21.5. The maximum absolute atomic E-state index is 13.6. The number of anilines is 1. The number of nitrogens with zero attached hydrogens (tertiary/aromatic N) is 5. The summed E-state index contributed by atoms with van der Waals surface area (Å²) in [5.41, 5.74) is -1.17. The van der Waals surface area contributed by atoms with Gasteiger partial charge in [0.1, 0.15) is 5.54 Å².